The molecule has 0 aliphatic heterocycles. The van der Waals surface area contributed by atoms with Gasteiger partial charge < -0.3 is 15.8 Å². The highest BCUT2D eigenvalue weighted by Gasteiger charge is 2.22. The third-order valence-electron chi connectivity index (χ3n) is 2.92. The number of hydrogen-bond acceptors (Lipinski definition) is 3. The lowest BCUT2D eigenvalue weighted by atomic mass is 9.81. The van der Waals surface area contributed by atoms with Crippen molar-refractivity contribution >= 4 is 6.09 Å². The normalized spacial score (nSPS) is 13.3. The zero-order valence-corrected chi connectivity index (χ0v) is 13.7. The van der Waals surface area contributed by atoms with E-state index in [0.29, 0.717) is 6.54 Å². The lowest BCUT2D eigenvalue weighted by molar-refractivity contribution is 0.0521. The van der Waals surface area contributed by atoms with Crippen molar-refractivity contribution in [3.05, 3.63) is 0 Å². The topological polar surface area (TPSA) is 64.3 Å². The minimum atomic E-state index is -0.441. The van der Waals surface area contributed by atoms with Crippen molar-refractivity contribution in [3.63, 3.8) is 0 Å². The van der Waals surface area contributed by atoms with Gasteiger partial charge in [0, 0.05) is 12.1 Å². The molecule has 114 valence electrons. The highest BCUT2D eigenvalue weighted by atomic mass is 16.6. The summed E-state index contributed by atoms with van der Waals surface area (Å²) in [7, 11) is 0. The van der Waals surface area contributed by atoms with Gasteiger partial charge >= 0.3 is 6.09 Å². The molecule has 0 aromatic rings. The van der Waals surface area contributed by atoms with Crippen molar-refractivity contribution in [3.8, 4) is 0 Å². The van der Waals surface area contributed by atoms with Crippen molar-refractivity contribution < 1.29 is 9.53 Å². The number of carbonyl (C=O) groups excluding carboxylic acids is 1. The van der Waals surface area contributed by atoms with Gasteiger partial charge in [-0.2, -0.15) is 0 Å². The number of ether oxygens (including phenoxy) is 1. The Labute approximate surface area is 118 Å². The van der Waals surface area contributed by atoms with E-state index in [1.165, 1.54) is 0 Å². The van der Waals surface area contributed by atoms with Crippen LogP contribution in [0.2, 0.25) is 0 Å². The summed E-state index contributed by atoms with van der Waals surface area (Å²) in [5, 5.41) is 2.80. The Bertz CT molecular complexity index is 286. The molecule has 0 fully saturated rings. The van der Waals surface area contributed by atoms with Crippen LogP contribution in [0.3, 0.4) is 0 Å². The van der Waals surface area contributed by atoms with Gasteiger partial charge in [-0.15, -0.1) is 0 Å². The van der Waals surface area contributed by atoms with E-state index in [-0.39, 0.29) is 17.0 Å². The Morgan fingerprint density at radius 3 is 1.95 bits per heavy atom. The highest BCUT2D eigenvalue weighted by molar-refractivity contribution is 5.67. The maximum atomic E-state index is 11.5. The minimum Gasteiger partial charge on any atom is -0.444 e. The number of carbonyl (C=O) groups is 1. The standard InChI is InChI=1S/C15H32N2O2/c1-13(2,3)19-12(18)17-11-10-14(4,5)8-9-15(6,7)16/h8-11,16H2,1-7H3,(H,17,18). The molecule has 0 saturated heterocycles. The van der Waals surface area contributed by atoms with Crippen LogP contribution in [0.5, 0.6) is 0 Å². The minimum absolute atomic E-state index is 0.129. The van der Waals surface area contributed by atoms with Gasteiger partial charge in [-0.1, -0.05) is 13.8 Å². The Morgan fingerprint density at radius 1 is 1.00 bits per heavy atom. The van der Waals surface area contributed by atoms with E-state index in [1.807, 2.05) is 34.6 Å². The number of amides is 1. The van der Waals surface area contributed by atoms with Crippen molar-refractivity contribution in [2.45, 2.75) is 78.9 Å². The fourth-order valence-electron chi connectivity index (χ4n) is 1.60. The molecule has 0 aromatic carbocycles. The van der Waals surface area contributed by atoms with Crippen LogP contribution in [-0.4, -0.2) is 23.8 Å². The Balaban J connectivity index is 3.95. The second-order valence-electron chi connectivity index (χ2n) is 7.83. The average Bonchev–Trinajstić information content (AvgIpc) is 2.10. The van der Waals surface area contributed by atoms with Crippen LogP contribution >= 0.6 is 0 Å². The molecule has 0 unspecified atom stereocenters. The first-order valence-electron chi connectivity index (χ1n) is 7.07. The second-order valence-corrected chi connectivity index (χ2v) is 7.83. The summed E-state index contributed by atoms with van der Waals surface area (Å²) in [4.78, 5) is 11.5. The van der Waals surface area contributed by atoms with Crippen molar-refractivity contribution in [1.82, 2.24) is 5.32 Å². The predicted octanol–water partition coefficient (Wildman–Crippen LogP) is 3.44. The molecule has 1 amide bonds. The molecular weight excluding hydrogens is 240 g/mol. The van der Waals surface area contributed by atoms with E-state index >= 15 is 0 Å². The summed E-state index contributed by atoms with van der Waals surface area (Å²) in [6.07, 6.45) is 2.60. The average molecular weight is 272 g/mol. The molecular formula is C15H32N2O2. The number of nitrogens with two attached hydrogens (primary N) is 1. The smallest absolute Gasteiger partial charge is 0.407 e. The molecule has 0 heterocycles. The molecule has 0 atom stereocenters. The molecule has 0 aliphatic carbocycles. The molecule has 0 bridgehead atoms. The van der Waals surface area contributed by atoms with Gasteiger partial charge in [-0.3, -0.25) is 0 Å². The molecule has 0 radical (unpaired) electrons. The molecule has 0 rings (SSSR count). The van der Waals surface area contributed by atoms with Crippen LogP contribution in [0.4, 0.5) is 4.79 Å². The lowest BCUT2D eigenvalue weighted by Gasteiger charge is -2.29. The van der Waals surface area contributed by atoms with Gasteiger partial charge in [0.15, 0.2) is 0 Å². The summed E-state index contributed by atoms with van der Waals surface area (Å²) in [6, 6.07) is 0. The molecule has 4 nitrogen and oxygen atoms in total. The van der Waals surface area contributed by atoms with Crippen molar-refractivity contribution in [2.75, 3.05) is 6.54 Å². The van der Waals surface area contributed by atoms with Gasteiger partial charge in [0.05, 0.1) is 0 Å². The number of rotatable bonds is 6. The quantitative estimate of drug-likeness (QED) is 0.778. The van der Waals surface area contributed by atoms with Crippen LogP contribution in [-0.2, 0) is 4.74 Å². The van der Waals surface area contributed by atoms with Crippen molar-refractivity contribution in [2.24, 2.45) is 11.1 Å². The Hall–Kier alpha value is -0.770. The monoisotopic (exact) mass is 272 g/mol. The van der Waals surface area contributed by atoms with E-state index < -0.39 is 5.60 Å². The Morgan fingerprint density at radius 2 is 1.53 bits per heavy atom. The zero-order chi connectivity index (χ0) is 15.3. The maximum absolute atomic E-state index is 11.5. The maximum Gasteiger partial charge on any atom is 0.407 e. The van der Waals surface area contributed by atoms with E-state index in [2.05, 4.69) is 19.2 Å². The number of nitrogens with one attached hydrogen (secondary N) is 1. The van der Waals surface area contributed by atoms with Gasteiger partial charge in [0.2, 0.25) is 0 Å². The van der Waals surface area contributed by atoms with Gasteiger partial charge in [-0.05, 0) is 59.3 Å². The largest absolute Gasteiger partial charge is 0.444 e. The highest BCUT2D eigenvalue weighted by Crippen LogP contribution is 2.28. The first-order valence-corrected chi connectivity index (χ1v) is 7.07. The summed E-state index contributed by atoms with van der Waals surface area (Å²) in [6.45, 7) is 14.7. The van der Waals surface area contributed by atoms with Crippen LogP contribution in [0.1, 0.15) is 67.7 Å². The first-order chi connectivity index (χ1) is 8.31. The van der Waals surface area contributed by atoms with Gasteiger partial charge in [0.25, 0.3) is 0 Å². The number of alkyl carbamates (subject to hydrolysis) is 1. The van der Waals surface area contributed by atoms with E-state index in [9.17, 15) is 4.79 Å². The molecule has 4 heteroatoms. The summed E-state index contributed by atoms with van der Waals surface area (Å²) in [5.41, 5.74) is 5.60. The molecule has 19 heavy (non-hydrogen) atoms. The van der Waals surface area contributed by atoms with Crippen LogP contribution in [0.15, 0.2) is 0 Å². The van der Waals surface area contributed by atoms with Crippen LogP contribution in [0.25, 0.3) is 0 Å². The van der Waals surface area contributed by atoms with Gasteiger partial charge in [-0.25, -0.2) is 4.79 Å². The predicted molar refractivity (Wildman–Crippen MR) is 80.1 cm³/mol. The van der Waals surface area contributed by atoms with Crippen molar-refractivity contribution in [1.29, 1.82) is 0 Å². The van der Waals surface area contributed by atoms with Gasteiger partial charge in [0.1, 0.15) is 5.60 Å². The molecule has 0 aliphatic rings. The Kier molecular flexibility index (Phi) is 6.33. The van der Waals surface area contributed by atoms with E-state index in [4.69, 9.17) is 10.5 Å². The summed E-state index contributed by atoms with van der Waals surface area (Å²) in [5.74, 6) is 0. The summed E-state index contributed by atoms with van der Waals surface area (Å²) < 4.78 is 5.20. The third-order valence-corrected chi connectivity index (χ3v) is 2.92. The van der Waals surface area contributed by atoms with Crippen LogP contribution in [0, 0.1) is 5.41 Å². The third kappa shape index (κ3) is 12.0. The van der Waals surface area contributed by atoms with E-state index in [0.717, 1.165) is 19.3 Å². The van der Waals surface area contributed by atoms with E-state index in [1.54, 1.807) is 0 Å². The fraction of sp³-hybridized carbons (Fsp3) is 0.933. The fourth-order valence-corrected chi connectivity index (χ4v) is 1.60. The zero-order valence-electron chi connectivity index (χ0n) is 13.7. The van der Waals surface area contributed by atoms with Crippen LogP contribution < -0.4 is 11.1 Å². The summed E-state index contributed by atoms with van der Waals surface area (Å²) >= 11 is 0. The number of hydrogen-bond donors (Lipinski definition) is 2. The molecule has 0 spiro atoms. The SMILES string of the molecule is CC(C)(N)CCC(C)(C)CCNC(=O)OC(C)(C)C. The lowest BCUT2D eigenvalue weighted by Crippen LogP contribution is -2.36. The molecule has 0 saturated carbocycles. The first kappa shape index (κ1) is 18.2. The molecule has 0 aromatic heterocycles. The second kappa shape index (κ2) is 6.60. The molecule has 3 N–H and O–H groups in total.